The first-order valence-electron chi connectivity index (χ1n) is 8.02. The molecule has 6 nitrogen and oxygen atoms in total. The topological polar surface area (TPSA) is 61.9 Å². The van der Waals surface area contributed by atoms with Gasteiger partial charge in [-0.05, 0) is 26.7 Å². The van der Waals surface area contributed by atoms with Gasteiger partial charge < -0.3 is 10.1 Å². The number of carbonyl (C=O) groups excluding carboxylic acids is 2. The second-order valence-corrected chi connectivity index (χ2v) is 6.74. The van der Waals surface area contributed by atoms with Gasteiger partial charge in [-0.25, -0.2) is 9.69 Å². The number of nitrogens with zero attached hydrogens (tertiary/aromatic N) is 2. The van der Waals surface area contributed by atoms with E-state index in [0.717, 1.165) is 45.2 Å². The van der Waals surface area contributed by atoms with E-state index in [-0.39, 0.29) is 24.1 Å². The monoisotopic (exact) mass is 295 g/mol. The highest BCUT2D eigenvalue weighted by Gasteiger charge is 2.51. The SMILES string of the molecule is C[C@H]1CN(CN2C(=O)NC3(CCCCC3)C2=O)C[C@H](C)O1. The molecule has 0 radical (unpaired) electrons. The molecule has 2 aliphatic heterocycles. The van der Waals surface area contributed by atoms with Crippen molar-refractivity contribution in [2.75, 3.05) is 19.8 Å². The molecule has 1 spiro atoms. The Kier molecular flexibility index (Phi) is 3.92. The highest BCUT2D eigenvalue weighted by Crippen LogP contribution is 2.33. The Morgan fingerprint density at radius 3 is 2.38 bits per heavy atom. The van der Waals surface area contributed by atoms with Gasteiger partial charge in [0.2, 0.25) is 0 Å². The average molecular weight is 295 g/mol. The van der Waals surface area contributed by atoms with E-state index in [4.69, 9.17) is 4.74 Å². The number of hydrogen-bond acceptors (Lipinski definition) is 4. The highest BCUT2D eigenvalue weighted by atomic mass is 16.5. The molecular weight excluding hydrogens is 270 g/mol. The molecule has 2 atom stereocenters. The first kappa shape index (κ1) is 14.8. The fourth-order valence-electron chi connectivity index (χ4n) is 3.90. The summed E-state index contributed by atoms with van der Waals surface area (Å²) < 4.78 is 5.70. The molecule has 6 heteroatoms. The number of rotatable bonds is 2. The van der Waals surface area contributed by atoms with Crippen molar-refractivity contribution in [3.8, 4) is 0 Å². The Bertz CT molecular complexity index is 424. The van der Waals surface area contributed by atoms with Gasteiger partial charge in [0.15, 0.2) is 0 Å². The van der Waals surface area contributed by atoms with Gasteiger partial charge in [0.05, 0.1) is 18.9 Å². The number of amides is 3. The van der Waals surface area contributed by atoms with E-state index in [0.29, 0.717) is 6.67 Å². The predicted molar refractivity (Wildman–Crippen MR) is 77.6 cm³/mol. The van der Waals surface area contributed by atoms with E-state index in [1.165, 1.54) is 4.90 Å². The van der Waals surface area contributed by atoms with Crippen LogP contribution in [0, 0.1) is 0 Å². The summed E-state index contributed by atoms with van der Waals surface area (Å²) in [6.07, 6.45) is 5.03. The molecule has 0 aromatic carbocycles. The third-order valence-corrected chi connectivity index (χ3v) is 4.79. The van der Waals surface area contributed by atoms with Crippen molar-refractivity contribution in [1.29, 1.82) is 0 Å². The summed E-state index contributed by atoms with van der Waals surface area (Å²) in [6, 6.07) is -0.228. The van der Waals surface area contributed by atoms with Gasteiger partial charge in [0.25, 0.3) is 5.91 Å². The van der Waals surface area contributed by atoms with Crippen molar-refractivity contribution in [3.63, 3.8) is 0 Å². The van der Waals surface area contributed by atoms with Crippen molar-refractivity contribution in [2.45, 2.75) is 63.7 Å². The van der Waals surface area contributed by atoms with E-state index >= 15 is 0 Å². The molecule has 21 heavy (non-hydrogen) atoms. The molecule has 1 aliphatic carbocycles. The molecule has 3 rings (SSSR count). The van der Waals surface area contributed by atoms with E-state index in [1.54, 1.807) is 0 Å². The Morgan fingerprint density at radius 2 is 1.76 bits per heavy atom. The van der Waals surface area contributed by atoms with Crippen LogP contribution in [0.1, 0.15) is 46.0 Å². The molecule has 3 amide bonds. The molecular formula is C15H25N3O3. The van der Waals surface area contributed by atoms with E-state index < -0.39 is 5.54 Å². The summed E-state index contributed by atoms with van der Waals surface area (Å²) in [5.41, 5.74) is -0.612. The number of morpholine rings is 1. The zero-order valence-electron chi connectivity index (χ0n) is 12.9. The first-order chi connectivity index (χ1) is 10.00. The molecule has 0 aromatic rings. The lowest BCUT2D eigenvalue weighted by Gasteiger charge is -2.37. The minimum atomic E-state index is -0.612. The summed E-state index contributed by atoms with van der Waals surface area (Å²) >= 11 is 0. The van der Waals surface area contributed by atoms with Crippen LogP contribution in [0.5, 0.6) is 0 Å². The number of hydrogen-bond donors (Lipinski definition) is 1. The van der Waals surface area contributed by atoms with Gasteiger partial charge in [-0.1, -0.05) is 19.3 Å². The van der Waals surface area contributed by atoms with Crippen molar-refractivity contribution < 1.29 is 14.3 Å². The number of imide groups is 1. The van der Waals surface area contributed by atoms with Gasteiger partial charge in [0.1, 0.15) is 5.54 Å². The number of carbonyl (C=O) groups is 2. The summed E-state index contributed by atoms with van der Waals surface area (Å²) in [5.74, 6) is -0.0287. The van der Waals surface area contributed by atoms with Crippen LogP contribution in [-0.2, 0) is 9.53 Å². The van der Waals surface area contributed by atoms with Crippen LogP contribution >= 0.6 is 0 Å². The van der Waals surface area contributed by atoms with Crippen molar-refractivity contribution >= 4 is 11.9 Å². The number of nitrogens with one attached hydrogen (secondary N) is 1. The summed E-state index contributed by atoms with van der Waals surface area (Å²) in [5, 5.41) is 2.96. The second-order valence-electron chi connectivity index (χ2n) is 6.74. The third kappa shape index (κ3) is 2.79. The zero-order valence-corrected chi connectivity index (χ0v) is 12.9. The summed E-state index contributed by atoms with van der Waals surface area (Å²) in [7, 11) is 0. The number of ether oxygens (including phenoxy) is 1. The smallest absolute Gasteiger partial charge is 0.326 e. The van der Waals surface area contributed by atoms with Crippen LogP contribution in [0.4, 0.5) is 4.79 Å². The Balaban J connectivity index is 1.68. The lowest BCUT2D eigenvalue weighted by molar-refractivity contribution is -0.136. The largest absolute Gasteiger partial charge is 0.373 e. The molecule has 2 heterocycles. The lowest BCUT2D eigenvalue weighted by atomic mass is 9.82. The Labute approximate surface area is 125 Å². The lowest BCUT2D eigenvalue weighted by Crippen LogP contribution is -2.52. The van der Waals surface area contributed by atoms with Crippen LogP contribution in [0.15, 0.2) is 0 Å². The van der Waals surface area contributed by atoms with Gasteiger partial charge in [-0.3, -0.25) is 9.69 Å². The van der Waals surface area contributed by atoms with E-state index in [2.05, 4.69) is 10.2 Å². The normalized spacial score (nSPS) is 33.5. The fourth-order valence-corrected chi connectivity index (χ4v) is 3.90. The molecule has 2 saturated heterocycles. The highest BCUT2D eigenvalue weighted by molar-refractivity contribution is 6.07. The third-order valence-electron chi connectivity index (χ3n) is 4.79. The van der Waals surface area contributed by atoms with Crippen LogP contribution < -0.4 is 5.32 Å². The second kappa shape index (κ2) is 5.57. The quantitative estimate of drug-likeness (QED) is 0.780. The predicted octanol–water partition coefficient (Wildman–Crippen LogP) is 1.31. The summed E-state index contributed by atoms with van der Waals surface area (Å²) in [6.45, 7) is 5.95. The van der Waals surface area contributed by atoms with Crippen LogP contribution in [0.3, 0.4) is 0 Å². The van der Waals surface area contributed by atoms with Crippen LogP contribution in [-0.4, -0.2) is 59.2 Å². The molecule has 3 aliphatic rings. The molecule has 118 valence electrons. The maximum Gasteiger partial charge on any atom is 0.326 e. The van der Waals surface area contributed by atoms with Crippen LogP contribution in [0.2, 0.25) is 0 Å². The molecule has 0 bridgehead atoms. The zero-order chi connectivity index (χ0) is 15.0. The molecule has 1 N–H and O–H groups in total. The van der Waals surface area contributed by atoms with Gasteiger partial charge >= 0.3 is 6.03 Å². The van der Waals surface area contributed by atoms with Gasteiger partial charge in [-0.2, -0.15) is 0 Å². The minimum absolute atomic E-state index is 0.0287. The van der Waals surface area contributed by atoms with Crippen molar-refractivity contribution in [1.82, 2.24) is 15.1 Å². The van der Waals surface area contributed by atoms with Crippen molar-refractivity contribution in [3.05, 3.63) is 0 Å². The first-order valence-corrected chi connectivity index (χ1v) is 8.02. The maximum absolute atomic E-state index is 12.7. The van der Waals surface area contributed by atoms with Gasteiger partial charge in [-0.15, -0.1) is 0 Å². The molecule has 0 unspecified atom stereocenters. The van der Waals surface area contributed by atoms with Gasteiger partial charge in [0, 0.05) is 13.1 Å². The summed E-state index contributed by atoms with van der Waals surface area (Å²) in [4.78, 5) is 28.5. The van der Waals surface area contributed by atoms with E-state index in [9.17, 15) is 9.59 Å². The Hall–Kier alpha value is -1.14. The van der Waals surface area contributed by atoms with E-state index in [1.807, 2.05) is 13.8 Å². The standard InChI is InChI=1S/C15H25N3O3/c1-11-8-17(9-12(2)21-11)10-18-13(19)15(16-14(18)20)6-4-3-5-7-15/h11-12H,3-10H2,1-2H3,(H,16,20)/t11-,12-/m0/s1. The molecule has 1 saturated carbocycles. The number of urea groups is 1. The van der Waals surface area contributed by atoms with Crippen LogP contribution in [0.25, 0.3) is 0 Å². The average Bonchev–Trinajstić information content (AvgIpc) is 2.63. The minimum Gasteiger partial charge on any atom is -0.373 e. The van der Waals surface area contributed by atoms with Crippen molar-refractivity contribution in [2.24, 2.45) is 0 Å². The molecule has 0 aromatic heterocycles. The maximum atomic E-state index is 12.7. The fraction of sp³-hybridized carbons (Fsp3) is 0.867. The molecule has 3 fully saturated rings. The Morgan fingerprint density at radius 1 is 1.14 bits per heavy atom.